The van der Waals surface area contributed by atoms with Crippen molar-refractivity contribution in [2.24, 2.45) is 0 Å². The van der Waals surface area contributed by atoms with Gasteiger partial charge in [0.2, 0.25) is 0 Å². The van der Waals surface area contributed by atoms with E-state index in [1.54, 1.807) is 0 Å². The van der Waals surface area contributed by atoms with Crippen molar-refractivity contribution in [3.05, 3.63) is 42.4 Å². The lowest BCUT2D eigenvalue weighted by molar-refractivity contribution is 0.211. The summed E-state index contributed by atoms with van der Waals surface area (Å²) in [6, 6.07) is 7.83. The first-order valence-corrected chi connectivity index (χ1v) is 6.87. The van der Waals surface area contributed by atoms with Crippen LogP contribution in [-0.2, 0) is 6.42 Å². The van der Waals surface area contributed by atoms with Crippen molar-refractivity contribution in [2.45, 2.75) is 51.9 Å². The molecule has 2 heteroatoms. The summed E-state index contributed by atoms with van der Waals surface area (Å²) < 4.78 is 5.00. The maximum atomic E-state index is 8.90. The second-order valence-corrected chi connectivity index (χ2v) is 4.66. The van der Waals surface area contributed by atoms with Crippen LogP contribution in [0.5, 0.6) is 5.75 Å². The van der Waals surface area contributed by atoms with Crippen molar-refractivity contribution in [3.63, 3.8) is 0 Å². The molecule has 100 valence electrons. The van der Waals surface area contributed by atoms with E-state index in [0.717, 1.165) is 6.42 Å². The lowest BCUT2D eigenvalue weighted by Crippen LogP contribution is -1.92. The van der Waals surface area contributed by atoms with Gasteiger partial charge in [-0.1, -0.05) is 51.2 Å². The molecule has 0 heterocycles. The first-order chi connectivity index (χ1) is 8.72. The summed E-state index contributed by atoms with van der Waals surface area (Å²) in [5.41, 5.74) is 1.32. The second kappa shape index (κ2) is 8.62. The number of ether oxygens (including phenoxy) is 1. The Morgan fingerprint density at radius 3 is 2.28 bits per heavy atom. The third-order valence-electron chi connectivity index (χ3n) is 2.98. The van der Waals surface area contributed by atoms with Crippen LogP contribution in [-0.4, -0.2) is 5.11 Å². The van der Waals surface area contributed by atoms with Crippen LogP contribution in [0.4, 0.5) is 0 Å². The van der Waals surface area contributed by atoms with E-state index in [0.29, 0.717) is 5.75 Å². The molecular formula is C16H24O2. The Morgan fingerprint density at radius 1 is 1.06 bits per heavy atom. The zero-order valence-corrected chi connectivity index (χ0v) is 11.3. The maximum absolute atomic E-state index is 8.90. The van der Waals surface area contributed by atoms with Gasteiger partial charge >= 0.3 is 0 Å². The first-order valence-electron chi connectivity index (χ1n) is 6.87. The minimum atomic E-state index is -0.265. The molecule has 0 aliphatic heterocycles. The van der Waals surface area contributed by atoms with Gasteiger partial charge in [-0.15, -0.1) is 0 Å². The van der Waals surface area contributed by atoms with Gasteiger partial charge in [0.15, 0.2) is 0 Å². The number of benzene rings is 1. The van der Waals surface area contributed by atoms with Crippen LogP contribution in [0.15, 0.2) is 36.8 Å². The molecular weight excluding hydrogens is 224 g/mol. The smallest absolute Gasteiger partial charge is 0.274 e. The van der Waals surface area contributed by atoms with Crippen molar-refractivity contribution in [2.75, 3.05) is 0 Å². The molecule has 2 nitrogen and oxygen atoms in total. The van der Waals surface area contributed by atoms with Gasteiger partial charge in [-0.25, -0.2) is 0 Å². The van der Waals surface area contributed by atoms with E-state index in [1.165, 1.54) is 44.1 Å². The molecule has 18 heavy (non-hydrogen) atoms. The molecule has 0 saturated carbocycles. The molecule has 1 aromatic rings. The summed E-state index contributed by atoms with van der Waals surface area (Å²) in [6.07, 6.45) is 9.05. The first kappa shape index (κ1) is 14.6. The largest absolute Gasteiger partial charge is 0.481 e. The average Bonchev–Trinajstić information content (AvgIpc) is 2.35. The second-order valence-electron chi connectivity index (χ2n) is 4.66. The van der Waals surface area contributed by atoms with Crippen molar-refractivity contribution in [1.82, 2.24) is 0 Å². The standard InChI is InChI=1S/C16H24O2/c1-3-4-5-6-7-8-9-15-10-12-16(13-11-15)18-14(2)17/h10-13,17H,2-9H2,1H3. The minimum Gasteiger partial charge on any atom is -0.481 e. The molecule has 0 fully saturated rings. The molecule has 0 aromatic heterocycles. The molecule has 0 aliphatic rings. The molecule has 0 saturated heterocycles. The van der Waals surface area contributed by atoms with Crippen LogP contribution in [0.25, 0.3) is 0 Å². The number of aliphatic hydroxyl groups excluding tert-OH is 1. The third kappa shape index (κ3) is 6.33. The Morgan fingerprint density at radius 2 is 1.67 bits per heavy atom. The Hall–Kier alpha value is -1.44. The van der Waals surface area contributed by atoms with Crippen LogP contribution in [0, 0.1) is 0 Å². The van der Waals surface area contributed by atoms with Crippen molar-refractivity contribution < 1.29 is 9.84 Å². The molecule has 0 amide bonds. The van der Waals surface area contributed by atoms with E-state index in [1.807, 2.05) is 24.3 Å². The van der Waals surface area contributed by atoms with E-state index in [9.17, 15) is 0 Å². The van der Waals surface area contributed by atoms with Gasteiger partial charge in [-0.05, 0) is 37.1 Å². The Kier molecular flexibility index (Phi) is 7.00. The molecule has 0 bridgehead atoms. The summed E-state index contributed by atoms with van der Waals surface area (Å²) in [5, 5.41) is 8.90. The van der Waals surface area contributed by atoms with Crippen molar-refractivity contribution >= 4 is 0 Å². The van der Waals surface area contributed by atoms with Crippen molar-refractivity contribution in [1.29, 1.82) is 0 Å². The van der Waals surface area contributed by atoms with Crippen LogP contribution in [0.1, 0.15) is 51.0 Å². The average molecular weight is 248 g/mol. The Balaban J connectivity index is 2.20. The Labute approximate surface area is 110 Å². The fourth-order valence-electron chi connectivity index (χ4n) is 1.97. The lowest BCUT2D eigenvalue weighted by Gasteiger charge is -2.05. The van der Waals surface area contributed by atoms with E-state index < -0.39 is 0 Å². The molecule has 1 aromatic carbocycles. The number of rotatable bonds is 9. The summed E-state index contributed by atoms with van der Waals surface area (Å²) in [7, 11) is 0. The molecule has 1 rings (SSSR count). The SMILES string of the molecule is C=C(O)Oc1ccc(CCCCCCCC)cc1. The highest BCUT2D eigenvalue weighted by Gasteiger charge is 1.97. The highest BCUT2D eigenvalue weighted by Crippen LogP contribution is 2.16. The number of aryl methyl sites for hydroxylation is 1. The summed E-state index contributed by atoms with van der Waals surface area (Å²) in [5.74, 6) is 0.368. The van der Waals surface area contributed by atoms with E-state index in [-0.39, 0.29) is 5.95 Å². The van der Waals surface area contributed by atoms with E-state index in [4.69, 9.17) is 9.84 Å². The number of hydrogen-bond acceptors (Lipinski definition) is 2. The van der Waals surface area contributed by atoms with Gasteiger partial charge in [0.25, 0.3) is 5.95 Å². The van der Waals surface area contributed by atoms with Gasteiger partial charge in [0.1, 0.15) is 5.75 Å². The van der Waals surface area contributed by atoms with E-state index >= 15 is 0 Å². The van der Waals surface area contributed by atoms with Gasteiger partial charge in [-0.2, -0.15) is 0 Å². The molecule has 0 spiro atoms. The van der Waals surface area contributed by atoms with Gasteiger partial charge in [-0.3, -0.25) is 0 Å². The van der Waals surface area contributed by atoms with Crippen LogP contribution < -0.4 is 4.74 Å². The normalized spacial score (nSPS) is 10.3. The third-order valence-corrected chi connectivity index (χ3v) is 2.98. The zero-order valence-electron chi connectivity index (χ0n) is 11.3. The topological polar surface area (TPSA) is 29.5 Å². The summed E-state index contributed by atoms with van der Waals surface area (Å²) in [4.78, 5) is 0. The molecule has 0 atom stereocenters. The fraction of sp³-hybridized carbons (Fsp3) is 0.500. The monoisotopic (exact) mass is 248 g/mol. The van der Waals surface area contributed by atoms with Gasteiger partial charge < -0.3 is 9.84 Å². The van der Waals surface area contributed by atoms with Gasteiger partial charge in [0.05, 0.1) is 0 Å². The maximum Gasteiger partial charge on any atom is 0.274 e. The summed E-state index contributed by atoms with van der Waals surface area (Å²) >= 11 is 0. The lowest BCUT2D eigenvalue weighted by atomic mass is 10.0. The van der Waals surface area contributed by atoms with Crippen LogP contribution >= 0.6 is 0 Å². The van der Waals surface area contributed by atoms with E-state index in [2.05, 4.69) is 13.5 Å². The zero-order chi connectivity index (χ0) is 13.2. The predicted octanol–water partition coefficient (Wildman–Crippen LogP) is 5.00. The quantitative estimate of drug-likeness (QED) is 0.492. The summed E-state index contributed by atoms with van der Waals surface area (Å²) in [6.45, 7) is 5.53. The van der Waals surface area contributed by atoms with Crippen LogP contribution in [0.2, 0.25) is 0 Å². The highest BCUT2D eigenvalue weighted by molar-refractivity contribution is 5.28. The molecule has 0 unspecified atom stereocenters. The molecule has 1 N–H and O–H groups in total. The van der Waals surface area contributed by atoms with Gasteiger partial charge in [0, 0.05) is 0 Å². The molecule has 0 radical (unpaired) electrons. The minimum absolute atomic E-state index is 0.265. The predicted molar refractivity (Wildman–Crippen MR) is 75.9 cm³/mol. The highest BCUT2D eigenvalue weighted by atomic mass is 16.6. The number of unbranched alkanes of at least 4 members (excludes halogenated alkanes) is 5. The van der Waals surface area contributed by atoms with Crippen molar-refractivity contribution in [3.8, 4) is 5.75 Å². The molecule has 0 aliphatic carbocycles. The number of hydrogen-bond donors (Lipinski definition) is 1. The fourth-order valence-corrected chi connectivity index (χ4v) is 1.97. The Bertz CT molecular complexity index is 341. The van der Waals surface area contributed by atoms with Crippen LogP contribution in [0.3, 0.4) is 0 Å². The number of aliphatic hydroxyl groups is 1.